The Morgan fingerprint density at radius 2 is 1.90 bits per heavy atom. The van der Waals surface area contributed by atoms with E-state index in [1.165, 1.54) is 6.26 Å². The fourth-order valence-corrected chi connectivity index (χ4v) is 2.43. The van der Waals surface area contributed by atoms with E-state index in [0.717, 1.165) is 32.7 Å². The van der Waals surface area contributed by atoms with Crippen LogP contribution in [0.15, 0.2) is 16.7 Å². The van der Waals surface area contributed by atoms with Crippen molar-refractivity contribution in [3.05, 3.63) is 23.7 Å². The van der Waals surface area contributed by atoms with Crippen LogP contribution in [0.1, 0.15) is 30.0 Å². The molecule has 0 radical (unpaired) electrons. The number of amides is 1. The van der Waals surface area contributed by atoms with Gasteiger partial charge in [-0.05, 0) is 12.0 Å². The van der Waals surface area contributed by atoms with Crippen molar-refractivity contribution in [1.29, 1.82) is 0 Å². The van der Waals surface area contributed by atoms with E-state index >= 15 is 0 Å². The zero-order valence-electron chi connectivity index (χ0n) is 12.6. The largest absolute Gasteiger partial charge is 0.467 e. The van der Waals surface area contributed by atoms with Crippen LogP contribution in [0.25, 0.3) is 0 Å². The first-order valence-electron chi connectivity index (χ1n) is 6.89. The predicted molar refractivity (Wildman–Crippen MR) is 88.3 cm³/mol. The van der Waals surface area contributed by atoms with Crippen molar-refractivity contribution in [1.82, 2.24) is 9.80 Å². The summed E-state index contributed by atoms with van der Waals surface area (Å²) in [5, 5.41) is 0. The van der Waals surface area contributed by atoms with Crippen molar-refractivity contribution in [2.75, 3.05) is 32.7 Å². The van der Waals surface area contributed by atoms with Gasteiger partial charge in [0.2, 0.25) is 0 Å². The summed E-state index contributed by atoms with van der Waals surface area (Å²) in [5.41, 5.74) is 6.09. The number of carbonyl (C=O) groups excluding carboxylic acids is 1. The van der Waals surface area contributed by atoms with Crippen molar-refractivity contribution < 1.29 is 9.21 Å². The maximum absolute atomic E-state index is 12.3. The van der Waals surface area contributed by atoms with Gasteiger partial charge in [-0.3, -0.25) is 9.69 Å². The monoisotopic (exact) mass is 337 g/mol. The summed E-state index contributed by atoms with van der Waals surface area (Å²) in [5.74, 6) is 1.37. The van der Waals surface area contributed by atoms with Gasteiger partial charge in [0.25, 0.3) is 5.91 Å². The number of rotatable bonds is 4. The minimum Gasteiger partial charge on any atom is -0.467 e. The molecule has 0 aliphatic carbocycles. The quantitative estimate of drug-likeness (QED) is 0.912. The molecule has 2 rings (SSSR count). The third kappa shape index (κ3) is 5.51. The number of furan rings is 1. The number of hydrogen-bond acceptors (Lipinski definition) is 4. The highest BCUT2D eigenvalue weighted by Crippen LogP contribution is 2.13. The molecule has 1 aliphatic rings. The molecule has 1 aromatic heterocycles. The van der Waals surface area contributed by atoms with E-state index in [1.54, 1.807) is 6.07 Å². The van der Waals surface area contributed by atoms with Crippen LogP contribution in [0.3, 0.4) is 0 Å². The normalized spacial score (nSPS) is 15.5. The minimum absolute atomic E-state index is 0. The van der Waals surface area contributed by atoms with E-state index < -0.39 is 0 Å². The summed E-state index contributed by atoms with van der Waals surface area (Å²) in [6.07, 6.45) is 1.50. The fourth-order valence-electron chi connectivity index (χ4n) is 2.43. The topological polar surface area (TPSA) is 62.7 Å². The van der Waals surface area contributed by atoms with Gasteiger partial charge in [0.05, 0.1) is 12.1 Å². The Balaban J connectivity index is 0.00000200. The van der Waals surface area contributed by atoms with Crippen LogP contribution in [-0.2, 0) is 6.54 Å². The van der Waals surface area contributed by atoms with E-state index in [2.05, 4.69) is 18.7 Å². The number of nitrogens with two attached hydrogens (primary N) is 1. The molecule has 0 spiro atoms. The zero-order valence-corrected chi connectivity index (χ0v) is 14.2. The highest BCUT2D eigenvalue weighted by Gasteiger charge is 2.23. The van der Waals surface area contributed by atoms with Crippen LogP contribution < -0.4 is 5.73 Å². The Hall–Kier alpha value is -0.750. The lowest BCUT2D eigenvalue weighted by Gasteiger charge is -2.35. The Kier molecular flexibility index (Phi) is 8.97. The van der Waals surface area contributed by atoms with Gasteiger partial charge in [0.15, 0.2) is 0 Å². The molecule has 1 fully saturated rings. The standard InChI is InChI=1S/C14H23N3O2.2ClH/c1-11(2)9-16-3-5-17(6-4-16)14(18)12-7-13(8-15)19-10-12;;/h7,10-11H,3-6,8-9,15H2,1-2H3;2*1H. The molecule has 21 heavy (non-hydrogen) atoms. The minimum atomic E-state index is 0. The van der Waals surface area contributed by atoms with Gasteiger partial charge in [0.1, 0.15) is 12.0 Å². The lowest BCUT2D eigenvalue weighted by atomic mass is 10.2. The zero-order chi connectivity index (χ0) is 13.8. The highest BCUT2D eigenvalue weighted by atomic mass is 35.5. The molecule has 2 N–H and O–H groups in total. The van der Waals surface area contributed by atoms with Crippen molar-refractivity contribution in [2.24, 2.45) is 11.7 Å². The second kappa shape index (κ2) is 9.30. The molecule has 0 unspecified atom stereocenters. The van der Waals surface area contributed by atoms with Crippen LogP contribution in [0.4, 0.5) is 0 Å². The smallest absolute Gasteiger partial charge is 0.257 e. The summed E-state index contributed by atoms with van der Waals surface area (Å²) in [4.78, 5) is 16.6. The average Bonchev–Trinajstić information content (AvgIpc) is 2.87. The van der Waals surface area contributed by atoms with Crippen molar-refractivity contribution in [3.63, 3.8) is 0 Å². The Bertz CT molecular complexity index is 430. The molecule has 1 saturated heterocycles. The predicted octanol–water partition coefficient (Wildman–Crippen LogP) is 2.00. The first kappa shape index (κ1) is 20.2. The third-order valence-electron chi connectivity index (χ3n) is 3.38. The molecule has 5 nitrogen and oxygen atoms in total. The molecule has 1 aromatic rings. The third-order valence-corrected chi connectivity index (χ3v) is 3.38. The number of piperazine rings is 1. The molecule has 0 atom stereocenters. The first-order valence-corrected chi connectivity index (χ1v) is 6.89. The van der Waals surface area contributed by atoms with Gasteiger partial charge >= 0.3 is 0 Å². The van der Waals surface area contributed by atoms with E-state index in [4.69, 9.17) is 10.2 Å². The van der Waals surface area contributed by atoms with E-state index in [9.17, 15) is 4.79 Å². The van der Waals surface area contributed by atoms with Gasteiger partial charge in [-0.15, -0.1) is 24.8 Å². The van der Waals surface area contributed by atoms with Crippen molar-refractivity contribution in [3.8, 4) is 0 Å². The number of hydrogen-bond donors (Lipinski definition) is 1. The maximum Gasteiger partial charge on any atom is 0.257 e. The molecule has 122 valence electrons. The van der Waals surface area contributed by atoms with E-state index in [0.29, 0.717) is 23.8 Å². The summed E-state index contributed by atoms with van der Waals surface area (Å²) in [6.45, 7) is 9.34. The van der Waals surface area contributed by atoms with Crippen LogP contribution in [0.2, 0.25) is 0 Å². The van der Waals surface area contributed by atoms with Gasteiger partial charge in [-0.2, -0.15) is 0 Å². The summed E-state index contributed by atoms with van der Waals surface area (Å²) in [6, 6.07) is 1.74. The Labute approximate surface area is 138 Å². The second-order valence-corrected chi connectivity index (χ2v) is 5.49. The Morgan fingerprint density at radius 3 is 2.38 bits per heavy atom. The molecule has 0 saturated carbocycles. The second-order valence-electron chi connectivity index (χ2n) is 5.49. The first-order chi connectivity index (χ1) is 9.10. The fraction of sp³-hybridized carbons (Fsp3) is 0.643. The Morgan fingerprint density at radius 1 is 1.29 bits per heavy atom. The molecular formula is C14H25Cl2N3O2. The van der Waals surface area contributed by atoms with Gasteiger partial charge in [0, 0.05) is 32.7 Å². The maximum atomic E-state index is 12.3. The van der Waals surface area contributed by atoms with Crippen molar-refractivity contribution in [2.45, 2.75) is 20.4 Å². The summed E-state index contributed by atoms with van der Waals surface area (Å²) < 4.78 is 5.22. The van der Waals surface area contributed by atoms with Gasteiger partial charge in [-0.25, -0.2) is 0 Å². The van der Waals surface area contributed by atoms with Gasteiger partial charge < -0.3 is 15.1 Å². The average molecular weight is 338 g/mol. The van der Waals surface area contributed by atoms with Crippen LogP contribution in [0, 0.1) is 5.92 Å². The van der Waals surface area contributed by atoms with Crippen LogP contribution in [-0.4, -0.2) is 48.4 Å². The van der Waals surface area contributed by atoms with Crippen molar-refractivity contribution >= 4 is 30.7 Å². The van der Waals surface area contributed by atoms with Crippen LogP contribution in [0.5, 0.6) is 0 Å². The molecule has 2 heterocycles. The lowest BCUT2D eigenvalue weighted by Crippen LogP contribution is -2.49. The van der Waals surface area contributed by atoms with E-state index in [1.807, 2.05) is 4.90 Å². The molecule has 7 heteroatoms. The molecule has 1 amide bonds. The molecular weight excluding hydrogens is 313 g/mol. The summed E-state index contributed by atoms with van der Waals surface area (Å²) in [7, 11) is 0. The molecule has 0 aromatic carbocycles. The summed E-state index contributed by atoms with van der Waals surface area (Å²) >= 11 is 0. The van der Waals surface area contributed by atoms with E-state index in [-0.39, 0.29) is 30.7 Å². The number of nitrogens with zero attached hydrogens (tertiary/aromatic N) is 2. The van der Waals surface area contributed by atoms with Gasteiger partial charge in [-0.1, -0.05) is 13.8 Å². The number of halogens is 2. The lowest BCUT2D eigenvalue weighted by molar-refractivity contribution is 0.0623. The van der Waals surface area contributed by atoms with Crippen LogP contribution >= 0.6 is 24.8 Å². The molecule has 1 aliphatic heterocycles. The highest BCUT2D eigenvalue weighted by molar-refractivity contribution is 5.94. The number of carbonyl (C=O) groups is 1. The molecule has 0 bridgehead atoms. The SMILES string of the molecule is CC(C)CN1CCN(C(=O)c2coc(CN)c2)CC1.Cl.Cl.